The summed E-state index contributed by atoms with van der Waals surface area (Å²) in [5, 5.41) is 5.96. The Balaban J connectivity index is 1.58. The van der Waals surface area contributed by atoms with E-state index in [0.29, 0.717) is 28.2 Å². The molecule has 2 aromatic carbocycles. The zero-order chi connectivity index (χ0) is 26.9. The van der Waals surface area contributed by atoms with Gasteiger partial charge in [0.05, 0.1) is 19.0 Å². The summed E-state index contributed by atoms with van der Waals surface area (Å²) in [6.07, 6.45) is 2.90. The number of carbonyl (C=O) groups is 1. The highest BCUT2D eigenvalue weighted by molar-refractivity contribution is 8.07. The minimum absolute atomic E-state index is 0.0670. The molecular formula is C26H30ClN5O4S. The molecule has 4 rings (SSSR count). The Morgan fingerprint density at radius 2 is 1.78 bits per heavy atom. The van der Waals surface area contributed by atoms with E-state index in [0.717, 1.165) is 41.0 Å². The van der Waals surface area contributed by atoms with E-state index in [1.807, 2.05) is 32.9 Å². The predicted octanol–water partition coefficient (Wildman–Crippen LogP) is 5.79. The van der Waals surface area contributed by atoms with Gasteiger partial charge in [0.25, 0.3) is 15.1 Å². The summed E-state index contributed by atoms with van der Waals surface area (Å²) in [4.78, 5) is 21.0. The number of hydrogen-bond donors (Lipinski definition) is 2. The fraction of sp³-hybridized carbons (Fsp3) is 0.346. The van der Waals surface area contributed by atoms with Crippen LogP contribution in [0.2, 0.25) is 5.02 Å². The highest BCUT2D eigenvalue weighted by atomic mass is 35.5. The summed E-state index contributed by atoms with van der Waals surface area (Å²) in [6.45, 7) is 7.33. The van der Waals surface area contributed by atoms with Crippen LogP contribution < -0.4 is 19.7 Å². The van der Waals surface area contributed by atoms with E-state index in [2.05, 4.69) is 20.6 Å². The first-order chi connectivity index (χ1) is 17.5. The molecule has 9 nitrogen and oxygen atoms in total. The van der Waals surface area contributed by atoms with Gasteiger partial charge in [0.15, 0.2) is 5.82 Å². The molecule has 1 heterocycles. The van der Waals surface area contributed by atoms with Crippen molar-refractivity contribution in [2.75, 3.05) is 22.0 Å². The van der Waals surface area contributed by atoms with Crippen molar-refractivity contribution in [3.8, 4) is 5.75 Å². The highest BCUT2D eigenvalue weighted by Gasteiger charge is 2.40. The van der Waals surface area contributed by atoms with Gasteiger partial charge in [0.1, 0.15) is 10.8 Å². The summed E-state index contributed by atoms with van der Waals surface area (Å²) < 4.78 is 32.4. The van der Waals surface area contributed by atoms with Crippen molar-refractivity contribution in [2.45, 2.75) is 53.0 Å². The summed E-state index contributed by atoms with van der Waals surface area (Å²) >= 11 is 6.38. The van der Waals surface area contributed by atoms with Gasteiger partial charge in [-0.1, -0.05) is 18.5 Å². The number of nitrogens with zero attached hydrogens (tertiary/aromatic N) is 3. The Kier molecular flexibility index (Phi) is 7.61. The third kappa shape index (κ3) is 5.65. The number of methoxy groups -OCH3 is 1. The van der Waals surface area contributed by atoms with Crippen LogP contribution >= 0.6 is 11.6 Å². The molecule has 196 valence electrons. The molecule has 0 aliphatic heterocycles. The maximum atomic E-state index is 12.9. The molecule has 1 aliphatic rings. The molecule has 2 N–H and O–H groups in total. The number of anilines is 5. The largest absolute Gasteiger partial charge is 0.496 e. The van der Waals surface area contributed by atoms with Crippen LogP contribution in [0, 0.1) is 20.8 Å². The van der Waals surface area contributed by atoms with E-state index in [9.17, 15) is 13.2 Å². The van der Waals surface area contributed by atoms with Gasteiger partial charge in [0, 0.05) is 23.8 Å². The standard InChI is InChI=1S/C26H30ClN5O4S/c1-6-23(33)37(34,35)32(19-7-8-19)20-9-10-22(15(2)13-20)30-25-21(27)14-28-26(31-25)29-18-11-16(3)24(36-5)17(4)12-18/h9-14,19H,6-8H2,1-5H3,(H2,28,29,30,31). The lowest BCUT2D eigenvalue weighted by Gasteiger charge is -2.24. The molecule has 1 saturated carbocycles. The van der Waals surface area contributed by atoms with Crippen LogP contribution in [-0.4, -0.2) is 36.7 Å². The third-order valence-electron chi connectivity index (χ3n) is 6.10. The first kappa shape index (κ1) is 26.7. The molecule has 0 spiro atoms. The number of nitrogens with one attached hydrogen (secondary N) is 2. The average Bonchev–Trinajstić information content (AvgIpc) is 3.67. The van der Waals surface area contributed by atoms with E-state index in [1.165, 1.54) is 10.5 Å². The molecule has 0 bridgehead atoms. The Labute approximate surface area is 222 Å². The normalized spacial score (nSPS) is 13.2. The molecule has 11 heteroatoms. The van der Waals surface area contributed by atoms with Gasteiger partial charge in [-0.25, -0.2) is 4.98 Å². The van der Waals surface area contributed by atoms with Crippen LogP contribution in [0.5, 0.6) is 5.75 Å². The molecule has 0 saturated heterocycles. The molecule has 3 aromatic rings. The zero-order valence-corrected chi connectivity index (χ0v) is 23.0. The van der Waals surface area contributed by atoms with Crippen LogP contribution in [0.4, 0.5) is 28.8 Å². The lowest BCUT2D eigenvalue weighted by atomic mass is 10.1. The van der Waals surface area contributed by atoms with Gasteiger partial charge in [-0.05, 0) is 80.6 Å². The molecular weight excluding hydrogens is 514 g/mol. The topological polar surface area (TPSA) is 114 Å². The summed E-state index contributed by atoms with van der Waals surface area (Å²) in [5.41, 5.74) is 4.71. The number of rotatable bonds is 9. The van der Waals surface area contributed by atoms with Crippen molar-refractivity contribution in [1.82, 2.24) is 9.97 Å². The van der Waals surface area contributed by atoms with Crippen LogP contribution in [0.25, 0.3) is 0 Å². The molecule has 0 unspecified atom stereocenters. The predicted molar refractivity (Wildman–Crippen MR) is 147 cm³/mol. The number of aryl methyl sites for hydroxylation is 3. The molecule has 0 amide bonds. The minimum Gasteiger partial charge on any atom is -0.496 e. The molecule has 37 heavy (non-hydrogen) atoms. The molecule has 1 aromatic heterocycles. The number of ether oxygens (including phenoxy) is 1. The number of aromatic nitrogens is 2. The smallest absolute Gasteiger partial charge is 0.298 e. The van der Waals surface area contributed by atoms with E-state index < -0.39 is 15.1 Å². The Hall–Kier alpha value is -3.37. The van der Waals surface area contributed by atoms with Gasteiger partial charge in [-0.2, -0.15) is 13.4 Å². The number of hydrogen-bond acceptors (Lipinski definition) is 8. The number of carbonyl (C=O) groups excluding carboxylic acids is 1. The van der Waals surface area contributed by atoms with Crippen LogP contribution in [0.15, 0.2) is 36.5 Å². The Bertz CT molecular complexity index is 1430. The average molecular weight is 544 g/mol. The van der Waals surface area contributed by atoms with Gasteiger partial charge >= 0.3 is 0 Å². The van der Waals surface area contributed by atoms with Crippen molar-refractivity contribution in [3.05, 3.63) is 58.2 Å². The van der Waals surface area contributed by atoms with E-state index in [-0.39, 0.29) is 12.5 Å². The van der Waals surface area contributed by atoms with Crippen molar-refractivity contribution < 1.29 is 17.9 Å². The maximum absolute atomic E-state index is 12.9. The number of sulfonamides is 1. The Morgan fingerprint density at radius 3 is 2.35 bits per heavy atom. The van der Waals surface area contributed by atoms with Crippen LogP contribution in [0.3, 0.4) is 0 Å². The summed E-state index contributed by atoms with van der Waals surface area (Å²) in [7, 11) is -2.42. The fourth-order valence-electron chi connectivity index (χ4n) is 4.19. The van der Waals surface area contributed by atoms with E-state index in [4.69, 9.17) is 16.3 Å². The van der Waals surface area contributed by atoms with Crippen molar-refractivity contribution in [3.63, 3.8) is 0 Å². The van der Waals surface area contributed by atoms with Crippen LogP contribution in [0.1, 0.15) is 42.9 Å². The molecule has 0 atom stereocenters. The monoisotopic (exact) mass is 543 g/mol. The molecule has 0 radical (unpaired) electrons. The first-order valence-electron chi connectivity index (χ1n) is 11.9. The second kappa shape index (κ2) is 10.5. The second-order valence-electron chi connectivity index (χ2n) is 9.04. The lowest BCUT2D eigenvalue weighted by Crippen LogP contribution is -2.37. The Morgan fingerprint density at radius 1 is 1.11 bits per heavy atom. The SMILES string of the molecule is CCC(=O)S(=O)(=O)N(c1ccc(Nc2nc(Nc3cc(C)c(OC)c(C)c3)ncc2Cl)c(C)c1)C1CC1. The van der Waals surface area contributed by atoms with E-state index >= 15 is 0 Å². The van der Waals surface area contributed by atoms with Gasteiger partial charge in [0.2, 0.25) is 5.95 Å². The summed E-state index contributed by atoms with van der Waals surface area (Å²) in [6, 6.07) is 8.90. The van der Waals surface area contributed by atoms with Gasteiger partial charge < -0.3 is 15.4 Å². The van der Waals surface area contributed by atoms with Gasteiger partial charge in [-0.15, -0.1) is 0 Å². The first-order valence-corrected chi connectivity index (χ1v) is 13.8. The summed E-state index contributed by atoms with van der Waals surface area (Å²) in [5.74, 6) is 1.58. The number of benzene rings is 2. The highest BCUT2D eigenvalue weighted by Crippen LogP contribution is 2.37. The number of halogens is 1. The second-order valence-corrected chi connectivity index (χ2v) is 11.2. The minimum atomic E-state index is -4.07. The lowest BCUT2D eigenvalue weighted by molar-refractivity contribution is -0.111. The van der Waals surface area contributed by atoms with Crippen molar-refractivity contribution >= 4 is 55.6 Å². The van der Waals surface area contributed by atoms with E-state index in [1.54, 1.807) is 32.2 Å². The zero-order valence-electron chi connectivity index (χ0n) is 21.4. The van der Waals surface area contributed by atoms with Crippen LogP contribution in [-0.2, 0) is 14.8 Å². The molecule has 1 fully saturated rings. The molecule has 1 aliphatic carbocycles. The quantitative estimate of drug-likeness (QED) is 0.349. The van der Waals surface area contributed by atoms with Crippen molar-refractivity contribution in [2.24, 2.45) is 0 Å². The third-order valence-corrected chi connectivity index (χ3v) is 8.26. The maximum Gasteiger partial charge on any atom is 0.298 e. The van der Waals surface area contributed by atoms with Gasteiger partial charge in [-0.3, -0.25) is 9.10 Å². The van der Waals surface area contributed by atoms with Crippen molar-refractivity contribution in [1.29, 1.82) is 0 Å². The fourth-order valence-corrected chi connectivity index (χ4v) is 5.91.